The Morgan fingerprint density at radius 3 is 3.20 bits per heavy atom. The van der Waals surface area contributed by atoms with Gasteiger partial charge in [-0.1, -0.05) is 13.8 Å². The third-order valence-corrected chi connectivity index (χ3v) is 4.76. The van der Waals surface area contributed by atoms with Gasteiger partial charge in [-0.2, -0.15) is 0 Å². The number of hydrogen-bond donors (Lipinski definition) is 1. The number of piperidine rings is 1. The van der Waals surface area contributed by atoms with Crippen molar-refractivity contribution in [2.24, 2.45) is 5.92 Å². The second-order valence-electron chi connectivity index (χ2n) is 5.85. The predicted molar refractivity (Wildman–Crippen MR) is 85.5 cm³/mol. The Labute approximate surface area is 124 Å². The van der Waals surface area contributed by atoms with Crippen molar-refractivity contribution < 1.29 is 0 Å². The highest BCUT2D eigenvalue weighted by Gasteiger charge is 2.22. The van der Waals surface area contributed by atoms with E-state index in [2.05, 4.69) is 45.5 Å². The number of anilines is 1. The fraction of sp³-hybridized carbons (Fsp3) is 0.600. The van der Waals surface area contributed by atoms with E-state index in [0.717, 1.165) is 36.9 Å². The van der Waals surface area contributed by atoms with E-state index < -0.39 is 0 Å². The van der Waals surface area contributed by atoms with Crippen LogP contribution in [0.3, 0.4) is 0 Å². The number of nitrogens with zero attached hydrogens (tertiary/aromatic N) is 3. The molecule has 0 bridgehead atoms. The van der Waals surface area contributed by atoms with Gasteiger partial charge in [0, 0.05) is 19.1 Å². The van der Waals surface area contributed by atoms with Crippen LogP contribution in [-0.2, 0) is 0 Å². The van der Waals surface area contributed by atoms with Gasteiger partial charge in [-0.05, 0) is 36.8 Å². The summed E-state index contributed by atoms with van der Waals surface area (Å²) < 4.78 is 1.23. The minimum atomic E-state index is 0.563. The molecule has 3 rings (SSSR count). The van der Waals surface area contributed by atoms with E-state index in [1.54, 1.807) is 17.7 Å². The summed E-state index contributed by atoms with van der Waals surface area (Å²) in [5.41, 5.74) is 1.07. The lowest BCUT2D eigenvalue weighted by atomic mass is 9.97. The zero-order valence-electron chi connectivity index (χ0n) is 12.2. The molecule has 0 radical (unpaired) electrons. The summed E-state index contributed by atoms with van der Waals surface area (Å²) in [4.78, 5) is 11.3. The van der Waals surface area contributed by atoms with E-state index in [1.807, 2.05) is 0 Å². The molecule has 1 aliphatic heterocycles. The van der Waals surface area contributed by atoms with Crippen LogP contribution in [-0.4, -0.2) is 35.6 Å². The highest BCUT2D eigenvalue weighted by Crippen LogP contribution is 2.30. The van der Waals surface area contributed by atoms with Crippen molar-refractivity contribution in [1.29, 1.82) is 0 Å². The van der Waals surface area contributed by atoms with Gasteiger partial charge in [0.25, 0.3) is 0 Å². The number of hydrogen-bond acceptors (Lipinski definition) is 5. The third-order valence-electron chi connectivity index (χ3n) is 3.86. The summed E-state index contributed by atoms with van der Waals surface area (Å²) in [7, 11) is 0. The van der Waals surface area contributed by atoms with E-state index in [9.17, 15) is 0 Å². The first-order chi connectivity index (χ1) is 9.74. The molecular weight excluding hydrogens is 268 g/mol. The molecular formula is C15H22N4S. The molecule has 2 aromatic rings. The summed E-state index contributed by atoms with van der Waals surface area (Å²) in [6, 6.07) is 2.64. The van der Waals surface area contributed by atoms with E-state index in [-0.39, 0.29) is 0 Å². The highest BCUT2D eigenvalue weighted by molar-refractivity contribution is 7.17. The summed E-state index contributed by atoms with van der Waals surface area (Å²) in [6.07, 6.45) is 4.26. The molecule has 0 amide bonds. The van der Waals surface area contributed by atoms with Crippen LogP contribution in [0.4, 0.5) is 5.82 Å². The standard InChI is InChI=1S/C15H22N4S/c1-11(2)16-8-12-4-3-6-19(9-12)15-14-13(5-7-20-14)17-10-18-15/h5,7,10-12,16H,3-4,6,8-9H2,1-2H3. The molecule has 108 valence electrons. The lowest BCUT2D eigenvalue weighted by Gasteiger charge is -2.34. The largest absolute Gasteiger partial charge is 0.355 e. The molecule has 1 unspecified atom stereocenters. The van der Waals surface area contributed by atoms with Crippen molar-refractivity contribution in [3.05, 3.63) is 17.8 Å². The van der Waals surface area contributed by atoms with Crippen molar-refractivity contribution in [3.8, 4) is 0 Å². The molecule has 1 aliphatic rings. The summed E-state index contributed by atoms with van der Waals surface area (Å²) >= 11 is 1.74. The molecule has 3 heterocycles. The maximum atomic E-state index is 4.54. The number of thiophene rings is 1. The molecule has 0 spiro atoms. The number of fused-ring (bicyclic) bond motifs is 1. The lowest BCUT2D eigenvalue weighted by molar-refractivity contribution is 0.378. The molecule has 1 N–H and O–H groups in total. The monoisotopic (exact) mass is 290 g/mol. The molecule has 0 aliphatic carbocycles. The molecule has 4 nitrogen and oxygen atoms in total. The fourth-order valence-electron chi connectivity index (χ4n) is 2.83. The van der Waals surface area contributed by atoms with Crippen LogP contribution in [0.2, 0.25) is 0 Å². The van der Waals surface area contributed by atoms with Crippen molar-refractivity contribution in [2.75, 3.05) is 24.5 Å². The quantitative estimate of drug-likeness (QED) is 0.940. The molecule has 1 saturated heterocycles. The van der Waals surface area contributed by atoms with E-state index >= 15 is 0 Å². The first kappa shape index (κ1) is 13.8. The molecule has 1 atom stereocenters. The summed E-state index contributed by atoms with van der Waals surface area (Å²) in [5.74, 6) is 1.84. The molecule has 1 fully saturated rings. The number of rotatable bonds is 4. The van der Waals surface area contributed by atoms with E-state index in [0.29, 0.717) is 6.04 Å². The Morgan fingerprint density at radius 1 is 1.45 bits per heavy atom. The van der Waals surface area contributed by atoms with Gasteiger partial charge in [-0.3, -0.25) is 0 Å². The van der Waals surface area contributed by atoms with Gasteiger partial charge in [-0.15, -0.1) is 11.3 Å². The van der Waals surface area contributed by atoms with E-state index in [4.69, 9.17) is 0 Å². The molecule has 20 heavy (non-hydrogen) atoms. The van der Waals surface area contributed by atoms with Crippen molar-refractivity contribution in [3.63, 3.8) is 0 Å². The topological polar surface area (TPSA) is 41.0 Å². The van der Waals surface area contributed by atoms with Crippen LogP contribution in [0.5, 0.6) is 0 Å². The molecule has 0 saturated carbocycles. The van der Waals surface area contributed by atoms with Gasteiger partial charge in [0.05, 0.1) is 10.2 Å². The van der Waals surface area contributed by atoms with Crippen molar-refractivity contribution in [2.45, 2.75) is 32.7 Å². The van der Waals surface area contributed by atoms with Gasteiger partial charge < -0.3 is 10.2 Å². The maximum Gasteiger partial charge on any atom is 0.150 e. The van der Waals surface area contributed by atoms with Gasteiger partial charge in [0.2, 0.25) is 0 Å². The second kappa shape index (κ2) is 6.06. The Balaban J connectivity index is 1.75. The Bertz CT molecular complexity index is 566. The predicted octanol–water partition coefficient (Wildman–Crippen LogP) is 2.91. The first-order valence-electron chi connectivity index (χ1n) is 7.40. The average molecular weight is 290 g/mol. The zero-order valence-corrected chi connectivity index (χ0v) is 13.0. The van der Waals surface area contributed by atoms with E-state index in [1.165, 1.54) is 17.5 Å². The SMILES string of the molecule is CC(C)NCC1CCCN(c2ncnc3ccsc23)C1. The summed E-state index contributed by atoms with van der Waals surface area (Å²) in [6.45, 7) is 7.74. The first-order valence-corrected chi connectivity index (χ1v) is 8.28. The van der Waals surface area contributed by atoms with Crippen LogP contribution in [0.1, 0.15) is 26.7 Å². The average Bonchev–Trinajstić information content (AvgIpc) is 2.93. The zero-order chi connectivity index (χ0) is 13.9. The normalized spacial score (nSPS) is 19.9. The summed E-state index contributed by atoms with van der Waals surface area (Å²) in [5, 5.41) is 5.66. The van der Waals surface area contributed by atoms with Crippen LogP contribution >= 0.6 is 11.3 Å². The van der Waals surface area contributed by atoms with Gasteiger partial charge in [0.1, 0.15) is 12.1 Å². The minimum absolute atomic E-state index is 0.563. The minimum Gasteiger partial charge on any atom is -0.355 e. The highest BCUT2D eigenvalue weighted by atomic mass is 32.1. The second-order valence-corrected chi connectivity index (χ2v) is 6.77. The molecule has 5 heteroatoms. The lowest BCUT2D eigenvalue weighted by Crippen LogP contribution is -2.41. The number of nitrogens with one attached hydrogen (secondary N) is 1. The number of aromatic nitrogens is 2. The fourth-order valence-corrected chi connectivity index (χ4v) is 3.69. The van der Waals surface area contributed by atoms with Crippen LogP contribution in [0.25, 0.3) is 10.2 Å². The maximum absolute atomic E-state index is 4.54. The molecule has 0 aromatic carbocycles. The van der Waals surface area contributed by atoms with Crippen LogP contribution in [0.15, 0.2) is 17.8 Å². The Hall–Kier alpha value is -1.20. The van der Waals surface area contributed by atoms with Crippen molar-refractivity contribution >= 4 is 27.4 Å². The Morgan fingerprint density at radius 2 is 2.35 bits per heavy atom. The molecule has 2 aromatic heterocycles. The van der Waals surface area contributed by atoms with Gasteiger partial charge in [-0.25, -0.2) is 9.97 Å². The van der Waals surface area contributed by atoms with Gasteiger partial charge in [0.15, 0.2) is 0 Å². The van der Waals surface area contributed by atoms with Crippen LogP contribution in [0, 0.1) is 5.92 Å². The van der Waals surface area contributed by atoms with Crippen molar-refractivity contribution in [1.82, 2.24) is 15.3 Å². The van der Waals surface area contributed by atoms with Gasteiger partial charge >= 0.3 is 0 Å². The smallest absolute Gasteiger partial charge is 0.150 e. The van der Waals surface area contributed by atoms with Crippen LogP contribution < -0.4 is 10.2 Å². The third kappa shape index (κ3) is 2.94. The Kier molecular flexibility index (Phi) is 4.17.